The van der Waals surface area contributed by atoms with Crippen LogP contribution in [-0.2, 0) is 13.0 Å². The fraction of sp³-hybridized carbons (Fsp3) is 0.450. The first kappa shape index (κ1) is 17.1. The standard InChI is InChI=1S/C20H23N7O/c1-4-26-18(16-6-7-19-23-22-12(2)27(19)25-16)10-17(24-26)15-9-14(15)13-5-8-20(28-3)21-11-13/h5,8,10-11,14-15H,4,6-7,9H2,1-3H3. The first-order chi connectivity index (χ1) is 13.7. The van der Waals surface area contributed by atoms with Crippen LogP contribution >= 0.6 is 0 Å². The minimum atomic E-state index is 0.443. The van der Waals surface area contributed by atoms with E-state index in [1.54, 1.807) is 7.11 Å². The van der Waals surface area contributed by atoms with Gasteiger partial charge in [0, 0.05) is 37.6 Å². The second kappa shape index (κ2) is 6.54. The molecule has 4 heterocycles. The van der Waals surface area contributed by atoms with Crippen molar-refractivity contribution < 1.29 is 4.74 Å². The van der Waals surface area contributed by atoms with Gasteiger partial charge in [-0.15, -0.1) is 10.2 Å². The molecule has 8 nitrogen and oxygen atoms in total. The molecule has 1 aliphatic heterocycles. The van der Waals surface area contributed by atoms with E-state index in [0.717, 1.165) is 54.6 Å². The summed E-state index contributed by atoms with van der Waals surface area (Å²) in [4.78, 5) is 4.34. The minimum Gasteiger partial charge on any atom is -0.481 e. The van der Waals surface area contributed by atoms with Crippen molar-refractivity contribution in [3.05, 3.63) is 53.0 Å². The Hall–Kier alpha value is -3.03. The third-order valence-electron chi connectivity index (χ3n) is 5.63. The SMILES string of the molecule is CCn1nc(C2CC2c2ccc(OC)nc2)cc1C1=Nn2c(C)nnc2CC1. The van der Waals surface area contributed by atoms with Crippen LogP contribution in [0, 0.1) is 6.92 Å². The Morgan fingerprint density at radius 1 is 1.18 bits per heavy atom. The Labute approximate surface area is 163 Å². The lowest BCUT2D eigenvalue weighted by Gasteiger charge is -2.14. The predicted octanol–water partition coefficient (Wildman–Crippen LogP) is 2.68. The lowest BCUT2D eigenvalue weighted by molar-refractivity contribution is 0.397. The lowest BCUT2D eigenvalue weighted by atomic mass is 10.1. The van der Waals surface area contributed by atoms with Gasteiger partial charge in [0.15, 0.2) is 11.6 Å². The van der Waals surface area contributed by atoms with Crippen molar-refractivity contribution in [2.24, 2.45) is 5.10 Å². The number of fused-ring (bicyclic) bond motifs is 1. The highest BCUT2D eigenvalue weighted by Crippen LogP contribution is 2.54. The van der Waals surface area contributed by atoms with Crippen molar-refractivity contribution in [3.63, 3.8) is 0 Å². The summed E-state index contributed by atoms with van der Waals surface area (Å²) < 4.78 is 9.08. The number of ether oxygens (including phenoxy) is 1. The Bertz CT molecular complexity index is 1050. The molecule has 0 saturated heterocycles. The molecule has 3 aromatic heterocycles. The molecule has 5 rings (SSSR count). The van der Waals surface area contributed by atoms with Crippen LogP contribution in [-0.4, -0.2) is 42.5 Å². The number of pyridine rings is 1. The van der Waals surface area contributed by atoms with E-state index in [9.17, 15) is 0 Å². The van der Waals surface area contributed by atoms with Crippen LogP contribution in [0.2, 0.25) is 0 Å². The van der Waals surface area contributed by atoms with E-state index in [1.165, 1.54) is 5.56 Å². The normalized spacial score (nSPS) is 20.6. The molecule has 0 spiro atoms. The van der Waals surface area contributed by atoms with Gasteiger partial charge in [0.1, 0.15) is 0 Å². The maximum absolute atomic E-state index is 5.16. The quantitative estimate of drug-likeness (QED) is 0.683. The van der Waals surface area contributed by atoms with Crippen molar-refractivity contribution >= 4 is 5.71 Å². The largest absolute Gasteiger partial charge is 0.481 e. The molecule has 28 heavy (non-hydrogen) atoms. The van der Waals surface area contributed by atoms with E-state index >= 15 is 0 Å². The number of rotatable bonds is 5. The van der Waals surface area contributed by atoms with Gasteiger partial charge in [-0.1, -0.05) is 6.07 Å². The third-order valence-corrected chi connectivity index (χ3v) is 5.63. The third kappa shape index (κ3) is 2.80. The predicted molar refractivity (Wildman–Crippen MR) is 104 cm³/mol. The average Bonchev–Trinajstić information content (AvgIpc) is 3.28. The molecular weight excluding hydrogens is 354 g/mol. The second-order valence-electron chi connectivity index (χ2n) is 7.37. The van der Waals surface area contributed by atoms with Crippen molar-refractivity contribution in [3.8, 4) is 5.88 Å². The fourth-order valence-electron chi connectivity index (χ4n) is 3.98. The van der Waals surface area contributed by atoms with Crippen molar-refractivity contribution in [1.29, 1.82) is 0 Å². The van der Waals surface area contributed by atoms with Crippen LogP contribution in [0.5, 0.6) is 5.88 Å². The summed E-state index contributed by atoms with van der Waals surface area (Å²) in [7, 11) is 1.64. The molecular formula is C20H23N7O. The van der Waals surface area contributed by atoms with Gasteiger partial charge in [-0.3, -0.25) is 4.68 Å². The van der Waals surface area contributed by atoms with Gasteiger partial charge in [0.05, 0.1) is 24.2 Å². The number of aryl methyl sites for hydroxylation is 3. The smallest absolute Gasteiger partial charge is 0.212 e. The molecule has 0 amide bonds. The summed E-state index contributed by atoms with van der Waals surface area (Å²) in [5, 5.41) is 18.0. The van der Waals surface area contributed by atoms with Crippen LogP contribution in [0.3, 0.4) is 0 Å². The zero-order chi connectivity index (χ0) is 19.3. The highest BCUT2D eigenvalue weighted by molar-refractivity contribution is 5.99. The Morgan fingerprint density at radius 2 is 2.07 bits per heavy atom. The molecule has 0 aromatic carbocycles. The molecule has 2 aliphatic rings. The summed E-state index contributed by atoms with van der Waals surface area (Å²) in [5.74, 6) is 3.32. The maximum Gasteiger partial charge on any atom is 0.212 e. The number of hydrogen-bond donors (Lipinski definition) is 0. The van der Waals surface area contributed by atoms with E-state index < -0.39 is 0 Å². The second-order valence-corrected chi connectivity index (χ2v) is 7.37. The molecule has 8 heteroatoms. The first-order valence-corrected chi connectivity index (χ1v) is 9.74. The first-order valence-electron chi connectivity index (χ1n) is 9.74. The molecule has 144 valence electrons. The number of methoxy groups -OCH3 is 1. The van der Waals surface area contributed by atoms with Crippen molar-refractivity contribution in [1.82, 2.24) is 29.6 Å². The monoisotopic (exact) mass is 377 g/mol. The Morgan fingerprint density at radius 3 is 2.82 bits per heavy atom. The number of aromatic nitrogens is 6. The zero-order valence-electron chi connectivity index (χ0n) is 16.3. The molecule has 0 N–H and O–H groups in total. The van der Waals surface area contributed by atoms with Crippen molar-refractivity contribution in [2.75, 3.05) is 7.11 Å². The number of hydrogen-bond acceptors (Lipinski definition) is 6. The molecule has 2 atom stereocenters. The molecule has 2 unspecified atom stereocenters. The van der Waals surface area contributed by atoms with Gasteiger partial charge in [-0.25, -0.2) is 9.66 Å². The van der Waals surface area contributed by atoms with E-state index in [-0.39, 0.29) is 0 Å². The van der Waals surface area contributed by atoms with Gasteiger partial charge in [0.25, 0.3) is 0 Å². The summed E-state index contributed by atoms with van der Waals surface area (Å²) in [6, 6.07) is 6.25. The molecule has 0 radical (unpaired) electrons. The summed E-state index contributed by atoms with van der Waals surface area (Å²) >= 11 is 0. The van der Waals surface area contributed by atoms with Crippen LogP contribution in [0.4, 0.5) is 0 Å². The lowest BCUT2D eigenvalue weighted by Crippen LogP contribution is -2.18. The topological polar surface area (TPSA) is 83.0 Å². The van der Waals surface area contributed by atoms with Crippen LogP contribution in [0.15, 0.2) is 29.5 Å². The van der Waals surface area contributed by atoms with Gasteiger partial charge in [-0.05, 0) is 37.8 Å². The van der Waals surface area contributed by atoms with E-state index in [2.05, 4.69) is 38.9 Å². The van der Waals surface area contributed by atoms with Crippen LogP contribution in [0.1, 0.15) is 60.2 Å². The highest BCUT2D eigenvalue weighted by Gasteiger charge is 2.42. The summed E-state index contributed by atoms with van der Waals surface area (Å²) in [5.41, 5.74) is 4.55. The zero-order valence-corrected chi connectivity index (χ0v) is 16.3. The number of nitrogens with zero attached hydrogens (tertiary/aromatic N) is 7. The van der Waals surface area contributed by atoms with Gasteiger partial charge in [0.2, 0.25) is 5.88 Å². The molecule has 0 bridgehead atoms. The van der Waals surface area contributed by atoms with Gasteiger partial charge >= 0.3 is 0 Å². The summed E-state index contributed by atoms with van der Waals surface area (Å²) in [6.07, 6.45) is 4.74. The highest BCUT2D eigenvalue weighted by atomic mass is 16.5. The molecule has 1 saturated carbocycles. The Balaban J connectivity index is 1.42. The molecule has 1 aliphatic carbocycles. The van der Waals surface area contributed by atoms with Crippen molar-refractivity contribution in [2.45, 2.75) is 51.5 Å². The molecule has 3 aromatic rings. The summed E-state index contributed by atoms with van der Waals surface area (Å²) in [6.45, 7) is 4.88. The van der Waals surface area contributed by atoms with Gasteiger partial charge in [-0.2, -0.15) is 10.2 Å². The Kier molecular flexibility index (Phi) is 3.99. The average molecular weight is 377 g/mol. The molecule has 1 fully saturated rings. The maximum atomic E-state index is 5.16. The van der Waals surface area contributed by atoms with Crippen LogP contribution in [0.25, 0.3) is 0 Å². The van der Waals surface area contributed by atoms with E-state index in [1.807, 2.05) is 23.9 Å². The minimum absolute atomic E-state index is 0.443. The van der Waals surface area contributed by atoms with Crippen LogP contribution < -0.4 is 4.74 Å². The van der Waals surface area contributed by atoms with E-state index in [0.29, 0.717) is 17.7 Å². The van der Waals surface area contributed by atoms with E-state index in [4.69, 9.17) is 14.9 Å². The van der Waals surface area contributed by atoms with Gasteiger partial charge < -0.3 is 4.74 Å². The fourth-order valence-corrected chi connectivity index (χ4v) is 3.98.